The first kappa shape index (κ1) is 18.8. The van der Waals surface area contributed by atoms with E-state index < -0.39 is 6.01 Å². The first-order chi connectivity index (χ1) is 11.1. The highest BCUT2D eigenvalue weighted by molar-refractivity contribution is 5.73. The minimum absolute atomic E-state index is 0.00414. The van der Waals surface area contributed by atoms with Crippen LogP contribution in [0.2, 0.25) is 0 Å². The van der Waals surface area contributed by atoms with Gasteiger partial charge in [0.05, 0.1) is 0 Å². The fourth-order valence-corrected chi connectivity index (χ4v) is 3.52. The average molecular weight is 336 g/mol. The minimum atomic E-state index is -1.15. The summed E-state index contributed by atoms with van der Waals surface area (Å²) in [6.07, 6.45) is 2.53. The topological polar surface area (TPSA) is 38.7 Å². The highest BCUT2D eigenvalue weighted by atomic mass is 19.1. The molecule has 0 heterocycles. The van der Waals surface area contributed by atoms with Crippen LogP contribution in [-0.2, 0) is 15.6 Å². The molecule has 0 amide bonds. The van der Waals surface area contributed by atoms with Crippen LogP contribution in [0.15, 0.2) is 18.1 Å². The van der Waals surface area contributed by atoms with Gasteiger partial charge in [-0.3, -0.25) is 0 Å². The number of methoxy groups -OCH3 is 1. The third-order valence-electron chi connectivity index (χ3n) is 5.21. The van der Waals surface area contributed by atoms with E-state index in [9.17, 15) is 9.50 Å². The molecule has 4 heteroatoms. The van der Waals surface area contributed by atoms with E-state index in [1.807, 2.05) is 19.1 Å². The molecular formula is C20H29FO3. The molecule has 1 aliphatic rings. The van der Waals surface area contributed by atoms with Crippen LogP contribution in [0.1, 0.15) is 70.6 Å². The molecule has 3 nitrogen and oxygen atoms in total. The predicted octanol–water partition coefficient (Wildman–Crippen LogP) is 5.62. The third-order valence-corrected chi connectivity index (χ3v) is 5.21. The van der Waals surface area contributed by atoms with E-state index >= 15 is 0 Å². The minimum Gasteiger partial charge on any atom is -0.486 e. The molecule has 1 N–H and O–H groups in total. The predicted molar refractivity (Wildman–Crippen MR) is 95.2 cm³/mol. The van der Waals surface area contributed by atoms with Crippen molar-refractivity contribution < 1.29 is 19.0 Å². The van der Waals surface area contributed by atoms with Crippen LogP contribution >= 0.6 is 0 Å². The van der Waals surface area contributed by atoms with Gasteiger partial charge in [0.15, 0.2) is 6.79 Å². The number of hydrogen-bond donors (Lipinski definition) is 1. The quantitative estimate of drug-likeness (QED) is 0.560. The van der Waals surface area contributed by atoms with Gasteiger partial charge in [-0.2, -0.15) is 4.39 Å². The van der Waals surface area contributed by atoms with E-state index in [0.717, 1.165) is 12.8 Å². The maximum atomic E-state index is 13.7. The fraction of sp³-hybridized carbons (Fsp3) is 0.600. The van der Waals surface area contributed by atoms with Crippen molar-refractivity contribution in [2.24, 2.45) is 0 Å². The number of allylic oxidation sites excluding steroid dienone is 1. The van der Waals surface area contributed by atoms with Gasteiger partial charge in [0.25, 0.3) is 6.01 Å². The van der Waals surface area contributed by atoms with Gasteiger partial charge in [0.2, 0.25) is 0 Å². The third kappa shape index (κ3) is 3.44. The van der Waals surface area contributed by atoms with Gasteiger partial charge in [-0.25, -0.2) is 0 Å². The largest absolute Gasteiger partial charge is 0.486 e. The normalized spacial score (nSPS) is 19.5. The summed E-state index contributed by atoms with van der Waals surface area (Å²) in [5.74, 6) is 0.558. The molecule has 1 aliphatic carbocycles. The second-order valence-electron chi connectivity index (χ2n) is 7.84. The van der Waals surface area contributed by atoms with E-state index in [4.69, 9.17) is 9.47 Å². The van der Waals surface area contributed by atoms with E-state index in [2.05, 4.69) is 27.7 Å². The van der Waals surface area contributed by atoms with Crippen molar-refractivity contribution >= 4 is 5.57 Å². The van der Waals surface area contributed by atoms with Crippen molar-refractivity contribution in [2.45, 2.75) is 64.7 Å². The van der Waals surface area contributed by atoms with Crippen LogP contribution in [0.4, 0.5) is 4.39 Å². The Morgan fingerprint density at radius 2 is 1.67 bits per heavy atom. The summed E-state index contributed by atoms with van der Waals surface area (Å²) < 4.78 is 24.4. The summed E-state index contributed by atoms with van der Waals surface area (Å²) in [6.45, 7) is 10.8. The van der Waals surface area contributed by atoms with Gasteiger partial charge < -0.3 is 14.6 Å². The van der Waals surface area contributed by atoms with Crippen molar-refractivity contribution in [3.8, 4) is 5.75 Å². The molecular weight excluding hydrogens is 307 g/mol. The SMILES string of the molecule is CC/C(=C(/O)F)c1cc2c(cc1OCOC)C(C)(C)CCC2(C)C. The van der Waals surface area contributed by atoms with E-state index in [1.54, 1.807) is 7.11 Å². The van der Waals surface area contributed by atoms with Gasteiger partial charge in [-0.05, 0) is 53.4 Å². The van der Waals surface area contributed by atoms with Crippen LogP contribution in [0.3, 0.4) is 0 Å². The van der Waals surface area contributed by atoms with Gasteiger partial charge in [-0.15, -0.1) is 0 Å². The first-order valence-electron chi connectivity index (χ1n) is 8.52. The molecule has 0 fully saturated rings. The second-order valence-corrected chi connectivity index (χ2v) is 7.84. The number of fused-ring (bicyclic) bond motifs is 1. The van der Waals surface area contributed by atoms with Crippen LogP contribution in [0, 0.1) is 0 Å². The number of rotatable bonds is 5. The second kappa shape index (κ2) is 6.75. The van der Waals surface area contributed by atoms with Gasteiger partial charge in [0, 0.05) is 18.2 Å². The molecule has 24 heavy (non-hydrogen) atoms. The molecule has 1 aromatic rings. The van der Waals surface area contributed by atoms with Crippen LogP contribution < -0.4 is 4.74 Å². The molecule has 0 radical (unpaired) electrons. The molecule has 0 spiro atoms. The summed E-state index contributed by atoms with van der Waals surface area (Å²) in [5.41, 5.74) is 3.34. The number of halogens is 1. The van der Waals surface area contributed by atoms with Crippen molar-refractivity contribution in [2.75, 3.05) is 13.9 Å². The standard InChI is InChI=1S/C20H29FO3/c1-7-13(18(21)22)14-10-15-16(11-17(14)24-12-23-6)20(4,5)9-8-19(15,2)3/h10-11,22H,7-9,12H2,1-6H3/b18-13-. The Hall–Kier alpha value is -1.55. The molecule has 2 rings (SSSR count). The maximum Gasteiger partial charge on any atom is 0.274 e. The van der Waals surface area contributed by atoms with Gasteiger partial charge in [-0.1, -0.05) is 34.6 Å². The Labute approximate surface area is 144 Å². The van der Waals surface area contributed by atoms with Crippen LogP contribution in [-0.4, -0.2) is 19.0 Å². The first-order valence-corrected chi connectivity index (χ1v) is 8.52. The highest BCUT2D eigenvalue weighted by Crippen LogP contribution is 2.48. The van der Waals surface area contributed by atoms with E-state index in [-0.39, 0.29) is 23.2 Å². The number of benzene rings is 1. The summed E-state index contributed by atoms with van der Waals surface area (Å²) in [7, 11) is 1.55. The maximum absolute atomic E-state index is 13.7. The summed E-state index contributed by atoms with van der Waals surface area (Å²) >= 11 is 0. The highest BCUT2D eigenvalue weighted by Gasteiger charge is 2.38. The molecule has 0 saturated heterocycles. The average Bonchev–Trinajstić information content (AvgIpc) is 2.50. The molecule has 0 bridgehead atoms. The van der Waals surface area contributed by atoms with E-state index in [0.29, 0.717) is 17.7 Å². The zero-order chi connectivity index (χ0) is 18.1. The van der Waals surface area contributed by atoms with Crippen molar-refractivity contribution in [1.29, 1.82) is 0 Å². The smallest absolute Gasteiger partial charge is 0.274 e. The Morgan fingerprint density at radius 3 is 2.12 bits per heavy atom. The lowest BCUT2D eigenvalue weighted by atomic mass is 9.62. The summed E-state index contributed by atoms with van der Waals surface area (Å²) in [5, 5.41) is 9.48. The fourth-order valence-electron chi connectivity index (χ4n) is 3.52. The van der Waals surface area contributed by atoms with E-state index in [1.165, 1.54) is 11.1 Å². The van der Waals surface area contributed by atoms with Crippen molar-refractivity contribution in [3.05, 3.63) is 34.8 Å². The zero-order valence-electron chi connectivity index (χ0n) is 15.6. The lowest BCUT2D eigenvalue weighted by Crippen LogP contribution is -2.34. The molecule has 1 aromatic carbocycles. The Morgan fingerprint density at radius 1 is 1.12 bits per heavy atom. The zero-order valence-corrected chi connectivity index (χ0v) is 15.6. The van der Waals surface area contributed by atoms with Crippen molar-refractivity contribution in [3.63, 3.8) is 0 Å². The molecule has 0 saturated carbocycles. The lowest BCUT2D eigenvalue weighted by molar-refractivity contribution is 0.0506. The van der Waals surface area contributed by atoms with Crippen LogP contribution in [0.5, 0.6) is 5.75 Å². The molecule has 0 aromatic heterocycles. The monoisotopic (exact) mass is 336 g/mol. The molecule has 0 atom stereocenters. The number of aliphatic hydroxyl groups excluding tert-OH is 1. The van der Waals surface area contributed by atoms with Gasteiger partial charge >= 0.3 is 0 Å². The number of ether oxygens (including phenoxy) is 2. The van der Waals surface area contributed by atoms with Gasteiger partial charge in [0.1, 0.15) is 5.75 Å². The Bertz CT molecular complexity index is 641. The summed E-state index contributed by atoms with van der Waals surface area (Å²) in [6, 6.07) is 2.85. The molecule has 0 aliphatic heterocycles. The Kier molecular flexibility index (Phi) is 5.28. The Balaban J connectivity index is 2.73. The number of hydrogen-bond acceptors (Lipinski definition) is 3. The molecule has 134 valence electrons. The van der Waals surface area contributed by atoms with Crippen molar-refractivity contribution in [1.82, 2.24) is 0 Å². The van der Waals surface area contributed by atoms with Crippen LogP contribution in [0.25, 0.3) is 5.57 Å². The number of aliphatic hydroxyl groups is 1. The molecule has 0 unspecified atom stereocenters. The lowest BCUT2D eigenvalue weighted by Gasteiger charge is -2.42. The summed E-state index contributed by atoms with van der Waals surface area (Å²) in [4.78, 5) is 0.